The molecule has 2 N–H and O–H groups in total. The largest absolute Gasteiger partial charge is 0.338 e. The van der Waals surface area contributed by atoms with Gasteiger partial charge in [0.2, 0.25) is 5.88 Å². The third-order valence-electron chi connectivity index (χ3n) is 1.92. The van der Waals surface area contributed by atoms with Gasteiger partial charge in [0.1, 0.15) is 0 Å². The molecule has 0 aliphatic rings. The van der Waals surface area contributed by atoms with Crippen LogP contribution in [-0.2, 0) is 0 Å². The predicted octanol–water partition coefficient (Wildman–Crippen LogP) is 2.39. The van der Waals surface area contributed by atoms with Crippen LogP contribution in [0.25, 0.3) is 0 Å². The van der Waals surface area contributed by atoms with Crippen LogP contribution < -0.4 is 10.6 Å². The lowest BCUT2D eigenvalue weighted by Crippen LogP contribution is -2.18. The Morgan fingerprint density at radius 1 is 1.44 bits per heavy atom. The highest BCUT2D eigenvalue weighted by Gasteiger charge is 2.08. The van der Waals surface area contributed by atoms with Gasteiger partial charge in [-0.1, -0.05) is 5.16 Å². The highest BCUT2D eigenvalue weighted by Crippen LogP contribution is 2.21. The first-order valence-electron chi connectivity index (χ1n) is 4.58. The number of nitrogens with one attached hydrogen (secondary N) is 2. The first-order valence-corrected chi connectivity index (χ1v) is 5.39. The van der Waals surface area contributed by atoms with E-state index in [4.69, 9.17) is 4.52 Å². The summed E-state index contributed by atoms with van der Waals surface area (Å²) in [5.41, 5.74) is 0.917. The summed E-state index contributed by atoms with van der Waals surface area (Å²) in [6.07, 6.45) is 1.45. The van der Waals surface area contributed by atoms with Crippen molar-refractivity contribution < 1.29 is 9.32 Å². The monoisotopic (exact) mass is 238 g/mol. The van der Waals surface area contributed by atoms with Gasteiger partial charge in [-0.3, -0.25) is 10.6 Å². The van der Waals surface area contributed by atoms with E-state index in [0.29, 0.717) is 11.0 Å². The van der Waals surface area contributed by atoms with Gasteiger partial charge in [0.25, 0.3) is 0 Å². The zero-order valence-electron chi connectivity index (χ0n) is 8.77. The van der Waals surface area contributed by atoms with E-state index in [1.165, 1.54) is 17.5 Å². The average Bonchev–Trinajstić information content (AvgIpc) is 2.78. The minimum absolute atomic E-state index is 0.294. The highest BCUT2D eigenvalue weighted by atomic mass is 32.1. The number of rotatable bonds is 2. The van der Waals surface area contributed by atoms with Crippen LogP contribution in [0.4, 0.5) is 15.8 Å². The molecule has 0 unspecified atom stereocenters. The summed E-state index contributed by atoms with van der Waals surface area (Å²) in [4.78, 5) is 16.7. The summed E-state index contributed by atoms with van der Waals surface area (Å²) in [7, 11) is 0. The van der Waals surface area contributed by atoms with Crippen molar-refractivity contribution in [1.29, 1.82) is 0 Å². The molecule has 0 saturated heterocycles. The number of thiazole rings is 1. The van der Waals surface area contributed by atoms with Crippen molar-refractivity contribution in [1.82, 2.24) is 10.1 Å². The number of aromatic nitrogens is 2. The van der Waals surface area contributed by atoms with E-state index in [9.17, 15) is 4.79 Å². The predicted molar refractivity (Wildman–Crippen MR) is 60.7 cm³/mol. The Labute approximate surface area is 95.7 Å². The van der Waals surface area contributed by atoms with Crippen LogP contribution in [0, 0.1) is 13.8 Å². The molecule has 2 aromatic heterocycles. The topological polar surface area (TPSA) is 80.0 Å². The zero-order chi connectivity index (χ0) is 11.5. The highest BCUT2D eigenvalue weighted by molar-refractivity contribution is 7.15. The molecule has 0 fully saturated rings. The van der Waals surface area contributed by atoms with Gasteiger partial charge >= 0.3 is 6.03 Å². The van der Waals surface area contributed by atoms with E-state index in [1.54, 1.807) is 6.07 Å². The fourth-order valence-corrected chi connectivity index (χ4v) is 1.86. The van der Waals surface area contributed by atoms with Crippen molar-refractivity contribution in [2.24, 2.45) is 0 Å². The van der Waals surface area contributed by atoms with Crippen LogP contribution in [0.5, 0.6) is 0 Å². The van der Waals surface area contributed by atoms with Crippen molar-refractivity contribution in [2.75, 3.05) is 10.6 Å². The van der Waals surface area contributed by atoms with Crippen LogP contribution in [0.1, 0.15) is 10.6 Å². The first kappa shape index (κ1) is 10.6. The number of carbonyl (C=O) groups is 1. The molecule has 0 radical (unpaired) electrons. The molecule has 0 bridgehead atoms. The second-order valence-corrected chi connectivity index (χ2v) is 4.32. The molecule has 84 valence electrons. The lowest BCUT2D eigenvalue weighted by Gasteiger charge is -2.00. The van der Waals surface area contributed by atoms with Crippen molar-refractivity contribution in [3.05, 3.63) is 22.8 Å². The van der Waals surface area contributed by atoms with Gasteiger partial charge in [-0.2, -0.15) is 0 Å². The van der Waals surface area contributed by atoms with Gasteiger partial charge in [-0.15, -0.1) is 11.3 Å². The lowest BCUT2D eigenvalue weighted by atomic mass is 10.4. The van der Waals surface area contributed by atoms with Gasteiger partial charge < -0.3 is 4.52 Å². The molecular weight excluding hydrogens is 228 g/mol. The van der Waals surface area contributed by atoms with E-state index >= 15 is 0 Å². The number of anilines is 2. The normalized spacial score (nSPS) is 10.1. The Kier molecular flexibility index (Phi) is 2.86. The van der Waals surface area contributed by atoms with E-state index in [2.05, 4.69) is 20.8 Å². The van der Waals surface area contributed by atoms with Gasteiger partial charge in [0, 0.05) is 10.9 Å². The number of urea groups is 1. The lowest BCUT2D eigenvalue weighted by molar-refractivity contribution is 0.261. The second-order valence-electron chi connectivity index (χ2n) is 3.12. The second kappa shape index (κ2) is 4.31. The maximum atomic E-state index is 11.5. The number of aryl methyl sites for hydroxylation is 2. The zero-order valence-corrected chi connectivity index (χ0v) is 9.59. The Hall–Kier alpha value is -1.89. The third kappa shape index (κ3) is 2.37. The van der Waals surface area contributed by atoms with Crippen molar-refractivity contribution in [3.8, 4) is 0 Å². The van der Waals surface area contributed by atoms with Gasteiger partial charge in [0.15, 0.2) is 5.13 Å². The molecule has 2 amide bonds. The quantitative estimate of drug-likeness (QED) is 0.841. The van der Waals surface area contributed by atoms with Crippen LogP contribution in [0.15, 0.2) is 16.8 Å². The van der Waals surface area contributed by atoms with Gasteiger partial charge in [-0.05, 0) is 13.8 Å². The van der Waals surface area contributed by atoms with E-state index in [-0.39, 0.29) is 0 Å². The van der Waals surface area contributed by atoms with Crippen LogP contribution >= 0.6 is 11.3 Å². The number of carbonyl (C=O) groups excluding carboxylic acids is 1. The van der Waals surface area contributed by atoms with Crippen molar-refractivity contribution >= 4 is 28.4 Å². The smallest absolute Gasteiger partial charge is 0.327 e. The molecule has 0 atom stereocenters. The Morgan fingerprint density at radius 2 is 2.25 bits per heavy atom. The summed E-state index contributed by atoms with van der Waals surface area (Å²) in [6, 6.07) is 1.16. The van der Waals surface area contributed by atoms with E-state index < -0.39 is 6.03 Å². The molecule has 2 heterocycles. The van der Waals surface area contributed by atoms with Crippen LogP contribution in [0.2, 0.25) is 0 Å². The molecule has 2 aromatic rings. The molecule has 0 aromatic carbocycles. The van der Waals surface area contributed by atoms with Crippen molar-refractivity contribution in [2.45, 2.75) is 13.8 Å². The molecule has 0 spiro atoms. The van der Waals surface area contributed by atoms with E-state index in [0.717, 1.165) is 10.6 Å². The third-order valence-corrected chi connectivity index (χ3v) is 2.91. The average molecular weight is 238 g/mol. The minimum Gasteiger partial charge on any atom is -0.338 e. The maximum absolute atomic E-state index is 11.5. The molecule has 0 aliphatic heterocycles. The SMILES string of the molecule is Cc1nc(NC(=O)Nc2ccno2)sc1C. The standard InChI is InChI=1S/C9H10N4O2S/c1-5-6(2)16-9(11-5)13-8(14)12-7-3-4-10-15-7/h3-4H,1-2H3,(H2,11,12,13,14). The number of amides is 2. The molecule has 16 heavy (non-hydrogen) atoms. The summed E-state index contributed by atoms with van der Waals surface area (Å²) in [6.45, 7) is 3.85. The minimum atomic E-state index is -0.398. The van der Waals surface area contributed by atoms with Crippen LogP contribution in [0.3, 0.4) is 0 Å². The fraction of sp³-hybridized carbons (Fsp3) is 0.222. The Bertz CT molecular complexity index is 472. The number of hydrogen-bond donors (Lipinski definition) is 2. The first-order chi connectivity index (χ1) is 7.65. The van der Waals surface area contributed by atoms with Crippen LogP contribution in [-0.4, -0.2) is 16.2 Å². The Balaban J connectivity index is 1.97. The van der Waals surface area contributed by atoms with Crippen molar-refractivity contribution in [3.63, 3.8) is 0 Å². The molecule has 0 aliphatic carbocycles. The molecule has 7 heteroatoms. The maximum Gasteiger partial charge on any atom is 0.327 e. The fourth-order valence-electron chi connectivity index (χ4n) is 1.05. The number of nitrogens with zero attached hydrogens (tertiary/aromatic N) is 2. The molecule has 6 nitrogen and oxygen atoms in total. The summed E-state index contributed by atoms with van der Waals surface area (Å²) < 4.78 is 4.73. The number of hydrogen-bond acceptors (Lipinski definition) is 5. The van der Waals surface area contributed by atoms with E-state index in [1.807, 2.05) is 13.8 Å². The molecule has 0 saturated carbocycles. The summed E-state index contributed by atoms with van der Waals surface area (Å²) in [5.74, 6) is 0.294. The Morgan fingerprint density at radius 3 is 2.81 bits per heavy atom. The van der Waals surface area contributed by atoms with Gasteiger partial charge in [-0.25, -0.2) is 9.78 Å². The summed E-state index contributed by atoms with van der Waals surface area (Å²) >= 11 is 1.43. The summed E-state index contributed by atoms with van der Waals surface area (Å²) in [5, 5.41) is 9.13. The molecular formula is C9H10N4O2S. The van der Waals surface area contributed by atoms with Gasteiger partial charge in [0.05, 0.1) is 11.9 Å². The molecule has 2 rings (SSSR count).